The summed E-state index contributed by atoms with van der Waals surface area (Å²) in [6.07, 6.45) is 0.145. The molecule has 1 N–H and O–H groups in total. The molecule has 5 rings (SSSR count). The summed E-state index contributed by atoms with van der Waals surface area (Å²) in [5.74, 6) is -0.535. The molecule has 45 heavy (non-hydrogen) atoms. The number of para-hydroxylation sites is 3. The number of hydrogen-bond acceptors (Lipinski definition) is 6. The maximum atomic E-state index is 13.6. The van der Waals surface area contributed by atoms with Gasteiger partial charge >= 0.3 is 0 Å². The number of fused-ring (bicyclic) bond motifs is 2. The molecule has 238 valence electrons. The predicted molar refractivity (Wildman–Crippen MR) is 181 cm³/mol. The Kier molecular flexibility index (Phi) is 10.5. The van der Waals surface area contributed by atoms with Crippen LogP contribution >= 0.6 is 0 Å². The third kappa shape index (κ3) is 7.72. The molecule has 2 aliphatic heterocycles. The van der Waals surface area contributed by atoms with E-state index in [1.54, 1.807) is 29.2 Å². The summed E-state index contributed by atoms with van der Waals surface area (Å²) in [6.45, 7) is 13.5. The largest absolute Gasteiger partial charge is 0.369 e. The summed E-state index contributed by atoms with van der Waals surface area (Å²) in [5, 5.41) is 2.91. The van der Waals surface area contributed by atoms with Gasteiger partial charge < -0.3 is 20.0 Å². The van der Waals surface area contributed by atoms with Crippen molar-refractivity contribution in [3.05, 3.63) is 83.9 Å². The van der Waals surface area contributed by atoms with Crippen molar-refractivity contribution in [2.45, 2.75) is 46.2 Å². The third-order valence-corrected chi connectivity index (χ3v) is 8.87. The Hall–Kier alpha value is -4.21. The van der Waals surface area contributed by atoms with Gasteiger partial charge in [0.15, 0.2) is 0 Å². The van der Waals surface area contributed by atoms with E-state index in [1.165, 1.54) is 11.3 Å². The van der Waals surface area contributed by atoms with E-state index in [0.717, 1.165) is 39.3 Å². The zero-order valence-electron chi connectivity index (χ0n) is 27.0. The molecule has 0 bridgehead atoms. The predicted octanol–water partition coefficient (Wildman–Crippen LogP) is 5.21. The molecule has 3 amide bonds. The number of hydrogen-bond donors (Lipinski definition) is 1. The molecule has 2 heterocycles. The molecule has 0 radical (unpaired) electrons. The minimum atomic E-state index is -0.262. The van der Waals surface area contributed by atoms with Gasteiger partial charge in [-0.15, -0.1) is 0 Å². The molecule has 3 aromatic rings. The van der Waals surface area contributed by atoms with E-state index >= 15 is 0 Å². The maximum absolute atomic E-state index is 13.6. The Bertz CT molecular complexity index is 1480. The quantitative estimate of drug-likeness (QED) is 0.321. The lowest BCUT2D eigenvalue weighted by atomic mass is 10.1. The minimum Gasteiger partial charge on any atom is -0.369 e. The summed E-state index contributed by atoms with van der Waals surface area (Å²) in [4.78, 5) is 50.4. The van der Waals surface area contributed by atoms with Gasteiger partial charge in [0.2, 0.25) is 11.8 Å². The van der Waals surface area contributed by atoms with Gasteiger partial charge in [-0.25, -0.2) is 0 Å². The van der Waals surface area contributed by atoms with Gasteiger partial charge in [-0.2, -0.15) is 0 Å². The summed E-state index contributed by atoms with van der Waals surface area (Å²) in [5.41, 5.74) is 4.63. The first-order valence-electron chi connectivity index (χ1n) is 16.1. The first kappa shape index (κ1) is 32.2. The summed E-state index contributed by atoms with van der Waals surface area (Å²) < 4.78 is 0. The highest BCUT2D eigenvalue weighted by Gasteiger charge is 2.29. The molecule has 9 heteroatoms. The van der Waals surface area contributed by atoms with Crippen LogP contribution in [0.3, 0.4) is 0 Å². The number of nitrogens with one attached hydrogen (secondary N) is 1. The number of nitrogens with zero attached hydrogens (tertiary/aromatic N) is 5. The monoisotopic (exact) mass is 610 g/mol. The number of benzene rings is 3. The molecule has 0 atom stereocenters. The Morgan fingerprint density at radius 2 is 1.51 bits per heavy atom. The molecule has 0 saturated carbocycles. The fourth-order valence-corrected chi connectivity index (χ4v) is 6.16. The number of rotatable bonds is 11. The highest BCUT2D eigenvalue weighted by atomic mass is 16.2. The van der Waals surface area contributed by atoms with Crippen molar-refractivity contribution in [2.24, 2.45) is 0 Å². The van der Waals surface area contributed by atoms with E-state index in [1.807, 2.05) is 36.1 Å². The van der Waals surface area contributed by atoms with Crippen LogP contribution in [0.4, 0.5) is 22.7 Å². The zero-order valence-corrected chi connectivity index (χ0v) is 27.0. The van der Waals surface area contributed by atoms with Crippen LogP contribution in [0, 0.1) is 0 Å². The molecule has 0 unspecified atom stereocenters. The Morgan fingerprint density at radius 1 is 0.844 bits per heavy atom. The van der Waals surface area contributed by atoms with Crippen molar-refractivity contribution in [3.8, 4) is 0 Å². The van der Waals surface area contributed by atoms with Gasteiger partial charge in [0, 0.05) is 76.9 Å². The topological polar surface area (TPSA) is 79.4 Å². The molecular weight excluding hydrogens is 564 g/mol. The van der Waals surface area contributed by atoms with Crippen molar-refractivity contribution in [3.63, 3.8) is 0 Å². The Balaban J connectivity index is 1.13. The normalized spacial score (nSPS) is 15.0. The Labute approximate surface area is 267 Å². The third-order valence-electron chi connectivity index (χ3n) is 8.87. The van der Waals surface area contributed by atoms with Crippen molar-refractivity contribution >= 4 is 40.5 Å². The number of carbonyl (C=O) groups is 3. The number of amides is 3. The number of piperazine rings is 1. The number of anilines is 4. The lowest BCUT2D eigenvalue weighted by Crippen LogP contribution is -2.48. The van der Waals surface area contributed by atoms with Crippen LogP contribution in [0.25, 0.3) is 0 Å². The molecule has 0 aliphatic carbocycles. The van der Waals surface area contributed by atoms with Crippen LogP contribution in [0.5, 0.6) is 0 Å². The average molecular weight is 611 g/mol. The smallest absolute Gasteiger partial charge is 0.257 e. The van der Waals surface area contributed by atoms with E-state index in [-0.39, 0.29) is 30.6 Å². The fraction of sp³-hybridized carbons (Fsp3) is 0.417. The molecule has 1 saturated heterocycles. The molecule has 1 fully saturated rings. The second kappa shape index (κ2) is 14.7. The van der Waals surface area contributed by atoms with Gasteiger partial charge in [0.25, 0.3) is 5.91 Å². The van der Waals surface area contributed by atoms with Crippen molar-refractivity contribution in [1.29, 1.82) is 0 Å². The standard InChI is InChI=1S/C36H46N6O3/c1-5-39(21-20-38(4)26-28-14-16-29(17-15-28)41-24-22-40(23-25-41)27(2)3)34(43)18-19-35(44)42-32-12-8-6-10-30(32)36(45)37-31-11-7-9-13-33(31)42/h6-17,27H,5,18-26H2,1-4H3,(H,37,45). The van der Waals surface area contributed by atoms with Crippen LogP contribution in [-0.2, 0) is 16.1 Å². The number of carbonyl (C=O) groups excluding carboxylic acids is 3. The summed E-state index contributed by atoms with van der Waals surface area (Å²) >= 11 is 0. The van der Waals surface area contributed by atoms with Gasteiger partial charge in [0.05, 0.1) is 22.6 Å². The molecule has 2 aliphatic rings. The van der Waals surface area contributed by atoms with Crippen molar-refractivity contribution < 1.29 is 14.4 Å². The van der Waals surface area contributed by atoms with Crippen LogP contribution in [0.15, 0.2) is 72.8 Å². The first-order valence-corrected chi connectivity index (χ1v) is 16.1. The van der Waals surface area contributed by atoms with Crippen LogP contribution in [0.1, 0.15) is 49.5 Å². The minimum absolute atomic E-state index is 0.0426. The average Bonchev–Trinajstić information content (AvgIpc) is 3.18. The van der Waals surface area contributed by atoms with Gasteiger partial charge in [-0.05, 0) is 69.8 Å². The van der Waals surface area contributed by atoms with E-state index in [4.69, 9.17) is 0 Å². The van der Waals surface area contributed by atoms with Crippen molar-refractivity contribution in [2.75, 3.05) is 68.0 Å². The second-order valence-corrected chi connectivity index (χ2v) is 12.2. The SMILES string of the molecule is CCN(CCN(C)Cc1ccc(N2CCN(C(C)C)CC2)cc1)C(=O)CCC(=O)N1c2ccccc2NC(=O)c2ccccc21. The van der Waals surface area contributed by atoms with Crippen molar-refractivity contribution in [1.82, 2.24) is 14.7 Å². The zero-order chi connectivity index (χ0) is 31.9. The van der Waals surface area contributed by atoms with Crippen LogP contribution in [0.2, 0.25) is 0 Å². The second-order valence-electron chi connectivity index (χ2n) is 12.2. The highest BCUT2D eigenvalue weighted by molar-refractivity contribution is 6.17. The van der Waals surface area contributed by atoms with E-state index in [9.17, 15) is 14.4 Å². The summed E-state index contributed by atoms with van der Waals surface area (Å²) in [7, 11) is 2.07. The highest BCUT2D eigenvalue weighted by Crippen LogP contribution is 2.38. The fourth-order valence-electron chi connectivity index (χ4n) is 6.16. The molecule has 3 aromatic carbocycles. The molecular formula is C36H46N6O3. The van der Waals surface area contributed by atoms with Gasteiger partial charge in [-0.3, -0.25) is 24.2 Å². The molecule has 0 aromatic heterocycles. The summed E-state index contributed by atoms with van der Waals surface area (Å²) in [6, 6.07) is 23.8. The molecule has 9 nitrogen and oxygen atoms in total. The van der Waals surface area contributed by atoms with Gasteiger partial charge in [-0.1, -0.05) is 36.4 Å². The lowest BCUT2D eigenvalue weighted by Gasteiger charge is -2.38. The van der Waals surface area contributed by atoms with E-state index in [0.29, 0.717) is 41.8 Å². The first-order chi connectivity index (χ1) is 21.7. The maximum Gasteiger partial charge on any atom is 0.257 e. The lowest BCUT2D eigenvalue weighted by molar-refractivity contribution is -0.133. The van der Waals surface area contributed by atoms with E-state index in [2.05, 4.69) is 65.2 Å². The number of likely N-dealkylation sites (N-methyl/N-ethyl adjacent to an activating group) is 2. The Morgan fingerprint density at radius 3 is 2.20 bits per heavy atom. The van der Waals surface area contributed by atoms with Crippen LogP contribution < -0.4 is 15.1 Å². The molecule has 0 spiro atoms. The van der Waals surface area contributed by atoms with Gasteiger partial charge in [0.1, 0.15) is 0 Å². The van der Waals surface area contributed by atoms with E-state index < -0.39 is 0 Å². The van der Waals surface area contributed by atoms with Crippen LogP contribution in [-0.4, -0.2) is 91.3 Å².